The van der Waals surface area contributed by atoms with Gasteiger partial charge in [0.2, 0.25) is 11.3 Å². The maximum atomic E-state index is 13.2. The van der Waals surface area contributed by atoms with Crippen molar-refractivity contribution in [2.24, 2.45) is 4.99 Å². The molecular weight excluding hydrogens is 475 g/mol. The van der Waals surface area contributed by atoms with Crippen LogP contribution in [0.3, 0.4) is 0 Å². The lowest BCUT2D eigenvalue weighted by Crippen LogP contribution is -2.51. The number of anilines is 1. The third-order valence-corrected chi connectivity index (χ3v) is 6.84. The molecule has 0 radical (unpaired) electrons. The fraction of sp³-hybridized carbons (Fsp3) is 0.238. The predicted octanol–water partition coefficient (Wildman–Crippen LogP) is 3.63. The summed E-state index contributed by atoms with van der Waals surface area (Å²) in [5.74, 6) is 0.441. The maximum Gasteiger partial charge on any atom is 0.272 e. The number of fused-ring (bicyclic) bond motifs is 1. The summed E-state index contributed by atoms with van der Waals surface area (Å²) in [5.41, 5.74) is 2.53. The van der Waals surface area contributed by atoms with Crippen LogP contribution < -0.4 is 15.5 Å². The van der Waals surface area contributed by atoms with Crippen molar-refractivity contribution >= 4 is 74.7 Å². The van der Waals surface area contributed by atoms with Crippen molar-refractivity contribution in [3.05, 3.63) is 63.6 Å². The number of carbonyl (C=O) groups excluding carboxylic acids is 2. The highest BCUT2D eigenvalue weighted by atomic mass is 35.5. The van der Waals surface area contributed by atoms with Gasteiger partial charge >= 0.3 is 0 Å². The normalized spacial score (nSPS) is 20.7. The second-order valence-corrected chi connectivity index (χ2v) is 9.40. The topological polar surface area (TPSA) is 73.8 Å². The van der Waals surface area contributed by atoms with E-state index in [1.165, 1.54) is 16.7 Å². The van der Waals surface area contributed by atoms with Crippen molar-refractivity contribution in [1.29, 1.82) is 0 Å². The van der Waals surface area contributed by atoms with E-state index in [2.05, 4.69) is 10.6 Å². The molecular formula is C21H18Cl2N4O2S2. The molecule has 4 rings (SSSR count). The summed E-state index contributed by atoms with van der Waals surface area (Å²) in [4.78, 5) is 31.4. The molecule has 2 aliphatic rings. The molecule has 1 amide bonds. The van der Waals surface area contributed by atoms with Gasteiger partial charge in [0.25, 0.3) is 5.91 Å². The van der Waals surface area contributed by atoms with Crippen LogP contribution in [-0.2, 0) is 9.59 Å². The van der Waals surface area contributed by atoms with E-state index < -0.39 is 6.17 Å². The molecule has 0 spiro atoms. The highest BCUT2D eigenvalue weighted by Gasteiger charge is 2.32. The van der Waals surface area contributed by atoms with Gasteiger partial charge in [0.15, 0.2) is 5.11 Å². The van der Waals surface area contributed by atoms with E-state index in [9.17, 15) is 9.59 Å². The first kappa shape index (κ1) is 22.1. The number of benzodiazepines with no additional fused rings is 1. The van der Waals surface area contributed by atoms with Gasteiger partial charge in [-0.25, -0.2) is 4.99 Å². The van der Waals surface area contributed by atoms with E-state index >= 15 is 0 Å². The lowest BCUT2D eigenvalue weighted by molar-refractivity contribution is -0.119. The Labute approximate surface area is 199 Å². The van der Waals surface area contributed by atoms with Crippen molar-refractivity contribution in [2.45, 2.75) is 18.6 Å². The third-order valence-electron chi connectivity index (χ3n) is 5.04. The molecule has 2 unspecified atom stereocenters. The first-order chi connectivity index (χ1) is 14.8. The van der Waals surface area contributed by atoms with Crippen molar-refractivity contribution < 1.29 is 9.59 Å². The van der Waals surface area contributed by atoms with Crippen LogP contribution in [0.2, 0.25) is 10.0 Å². The van der Waals surface area contributed by atoms with Crippen LogP contribution in [-0.4, -0.2) is 46.9 Å². The van der Waals surface area contributed by atoms with Crippen LogP contribution in [0.4, 0.5) is 5.69 Å². The van der Waals surface area contributed by atoms with Gasteiger partial charge in [0.05, 0.1) is 17.4 Å². The number of rotatable bonds is 3. The summed E-state index contributed by atoms with van der Waals surface area (Å²) < 4.78 is 0. The number of hydrogen-bond donors (Lipinski definition) is 2. The Kier molecular flexibility index (Phi) is 6.52. The predicted molar refractivity (Wildman–Crippen MR) is 130 cm³/mol. The molecule has 0 saturated carbocycles. The standard InChI is InChI=1S/C21H18Cl2N4O2S2/c1-27-16-7-6-11(22)10-13(16)17(12-4-2-3-5-14(12)23)25-18(19(27)28)26-21(30)24-15-8-9-31-20(15)29/h2-7,10,15,18H,8-9H2,1H3,(H2,24,26,30). The number of nitrogens with one attached hydrogen (secondary N) is 2. The van der Waals surface area contributed by atoms with Crippen molar-refractivity contribution in [1.82, 2.24) is 10.6 Å². The van der Waals surface area contributed by atoms with Gasteiger partial charge in [0.1, 0.15) is 0 Å². The Hall–Kier alpha value is -2.13. The Morgan fingerprint density at radius 3 is 2.65 bits per heavy atom. The smallest absolute Gasteiger partial charge is 0.272 e. The number of halogens is 2. The minimum absolute atomic E-state index is 0.0377. The molecule has 0 aliphatic carbocycles. The summed E-state index contributed by atoms with van der Waals surface area (Å²) in [6, 6.07) is 12.2. The number of amides is 1. The van der Waals surface area contributed by atoms with Crippen molar-refractivity contribution in [3.8, 4) is 0 Å². The number of carbonyl (C=O) groups is 2. The minimum atomic E-state index is -1.01. The molecule has 0 aromatic heterocycles. The highest BCUT2D eigenvalue weighted by molar-refractivity contribution is 8.14. The highest BCUT2D eigenvalue weighted by Crippen LogP contribution is 2.31. The molecule has 1 saturated heterocycles. The summed E-state index contributed by atoms with van der Waals surface area (Å²) in [6.45, 7) is 0. The molecule has 2 N–H and O–H groups in total. The number of thioether (sulfide) groups is 1. The quantitative estimate of drug-likeness (QED) is 0.637. The first-order valence-electron chi connectivity index (χ1n) is 9.49. The number of benzene rings is 2. The first-order valence-corrected chi connectivity index (χ1v) is 11.6. The zero-order chi connectivity index (χ0) is 22.1. The molecule has 160 valence electrons. The largest absolute Gasteiger partial charge is 0.352 e. The summed E-state index contributed by atoms with van der Waals surface area (Å²) >= 11 is 19.4. The fourth-order valence-corrected chi connectivity index (χ4v) is 5.04. The van der Waals surface area contributed by atoms with E-state index in [1.54, 1.807) is 31.3 Å². The lowest BCUT2D eigenvalue weighted by Gasteiger charge is -2.22. The number of aliphatic imine (C=N–C) groups is 1. The Bertz CT molecular complexity index is 1110. The number of thiocarbonyl (C=S) groups is 1. The summed E-state index contributed by atoms with van der Waals surface area (Å²) in [7, 11) is 1.67. The zero-order valence-corrected chi connectivity index (χ0v) is 19.5. The second kappa shape index (κ2) is 9.16. The maximum absolute atomic E-state index is 13.2. The summed E-state index contributed by atoms with van der Waals surface area (Å²) in [5, 5.41) is 7.19. The Morgan fingerprint density at radius 1 is 1.16 bits per heavy atom. The van der Waals surface area contributed by atoms with Gasteiger partial charge < -0.3 is 15.5 Å². The van der Waals surface area contributed by atoms with E-state index in [1.807, 2.05) is 18.2 Å². The van der Waals surface area contributed by atoms with Gasteiger partial charge in [0, 0.05) is 34.0 Å². The van der Waals surface area contributed by atoms with Crippen LogP contribution in [0.25, 0.3) is 0 Å². The van der Waals surface area contributed by atoms with Gasteiger partial charge in [-0.2, -0.15) is 0 Å². The third kappa shape index (κ3) is 4.57. The second-order valence-electron chi connectivity index (χ2n) is 7.05. The van der Waals surface area contributed by atoms with Gasteiger partial charge in [-0.3, -0.25) is 9.59 Å². The van der Waals surface area contributed by atoms with E-state index in [4.69, 9.17) is 40.4 Å². The fourth-order valence-electron chi connectivity index (χ4n) is 3.46. The molecule has 2 heterocycles. The summed E-state index contributed by atoms with van der Waals surface area (Å²) in [6.07, 6.45) is -0.325. The van der Waals surface area contributed by atoms with E-state index in [-0.39, 0.29) is 22.2 Å². The average molecular weight is 493 g/mol. The molecule has 2 aromatic carbocycles. The molecule has 2 aliphatic heterocycles. The number of nitrogens with zero attached hydrogens (tertiary/aromatic N) is 2. The van der Waals surface area contributed by atoms with Gasteiger partial charge in [-0.1, -0.05) is 53.2 Å². The van der Waals surface area contributed by atoms with Crippen LogP contribution in [0.1, 0.15) is 17.5 Å². The Balaban J connectivity index is 1.74. The van der Waals surface area contributed by atoms with Gasteiger partial charge in [-0.05, 0) is 42.9 Å². The van der Waals surface area contributed by atoms with Crippen LogP contribution in [0.5, 0.6) is 0 Å². The lowest BCUT2D eigenvalue weighted by atomic mass is 10.00. The van der Waals surface area contributed by atoms with E-state index in [0.717, 1.165) is 5.75 Å². The molecule has 10 heteroatoms. The van der Waals surface area contributed by atoms with E-state index in [0.29, 0.717) is 39.0 Å². The molecule has 2 aromatic rings. The molecule has 6 nitrogen and oxygen atoms in total. The molecule has 1 fully saturated rings. The number of likely N-dealkylation sites (N-methyl/N-ethyl adjacent to an activating group) is 1. The number of hydrogen-bond acceptors (Lipinski definition) is 5. The van der Waals surface area contributed by atoms with Gasteiger partial charge in [-0.15, -0.1) is 0 Å². The van der Waals surface area contributed by atoms with Crippen LogP contribution in [0.15, 0.2) is 47.5 Å². The molecule has 0 bridgehead atoms. The van der Waals surface area contributed by atoms with Crippen molar-refractivity contribution in [2.75, 3.05) is 17.7 Å². The SMILES string of the molecule is CN1C(=O)C(NC(=S)NC2CCSC2=O)N=C(c2ccccc2Cl)c2cc(Cl)ccc21. The molecule has 31 heavy (non-hydrogen) atoms. The molecule has 2 atom stereocenters. The average Bonchev–Trinajstić information content (AvgIpc) is 3.11. The van der Waals surface area contributed by atoms with Crippen LogP contribution in [0, 0.1) is 0 Å². The monoisotopic (exact) mass is 492 g/mol. The minimum Gasteiger partial charge on any atom is -0.352 e. The van der Waals surface area contributed by atoms with Crippen LogP contribution >= 0.6 is 47.2 Å². The van der Waals surface area contributed by atoms with Crippen molar-refractivity contribution in [3.63, 3.8) is 0 Å². The Morgan fingerprint density at radius 2 is 1.94 bits per heavy atom. The zero-order valence-electron chi connectivity index (χ0n) is 16.4.